The minimum absolute atomic E-state index is 0.102. The minimum Gasteiger partial charge on any atom is -0.494 e. The van der Waals surface area contributed by atoms with E-state index in [4.69, 9.17) is 4.74 Å². The molecule has 0 aliphatic heterocycles. The lowest BCUT2D eigenvalue weighted by Gasteiger charge is -2.08. The van der Waals surface area contributed by atoms with Crippen molar-refractivity contribution < 1.29 is 9.53 Å². The zero-order valence-electron chi connectivity index (χ0n) is 14.9. The summed E-state index contributed by atoms with van der Waals surface area (Å²) < 4.78 is 7.36. The van der Waals surface area contributed by atoms with Crippen molar-refractivity contribution in [2.24, 2.45) is 0 Å². The van der Waals surface area contributed by atoms with Crippen molar-refractivity contribution in [1.29, 1.82) is 0 Å². The quantitative estimate of drug-likeness (QED) is 0.428. The lowest BCUT2D eigenvalue weighted by molar-refractivity contribution is -0.113. The second kappa shape index (κ2) is 9.38. The van der Waals surface area contributed by atoms with E-state index in [0.717, 1.165) is 22.1 Å². The van der Waals surface area contributed by atoms with E-state index in [1.54, 1.807) is 17.4 Å². The fourth-order valence-corrected chi connectivity index (χ4v) is 3.87. The van der Waals surface area contributed by atoms with E-state index < -0.39 is 0 Å². The summed E-state index contributed by atoms with van der Waals surface area (Å²) in [5, 5.41) is 14.1. The topological polar surface area (TPSA) is 69.0 Å². The Hall–Kier alpha value is -2.58. The Balaban J connectivity index is 1.62. The molecule has 0 unspecified atom stereocenters. The van der Waals surface area contributed by atoms with Gasteiger partial charge in [-0.25, -0.2) is 0 Å². The maximum absolute atomic E-state index is 12.3. The Morgan fingerprint density at radius 3 is 2.81 bits per heavy atom. The molecule has 0 spiro atoms. The van der Waals surface area contributed by atoms with Gasteiger partial charge in [0.2, 0.25) is 5.91 Å². The zero-order chi connectivity index (χ0) is 19.1. The molecule has 0 saturated heterocycles. The highest BCUT2D eigenvalue weighted by Crippen LogP contribution is 2.27. The van der Waals surface area contributed by atoms with Crippen LogP contribution in [-0.2, 0) is 11.3 Å². The van der Waals surface area contributed by atoms with Crippen LogP contribution in [0.3, 0.4) is 0 Å². The molecule has 0 atom stereocenters. The summed E-state index contributed by atoms with van der Waals surface area (Å²) in [6, 6.07) is 11.3. The Labute approximate surface area is 166 Å². The average molecular weight is 401 g/mol. The maximum Gasteiger partial charge on any atom is 0.234 e. The van der Waals surface area contributed by atoms with E-state index in [1.807, 2.05) is 53.3 Å². The van der Waals surface area contributed by atoms with Crippen LogP contribution in [0.25, 0.3) is 10.7 Å². The standard InChI is InChI=1S/C19H20N4O2S2/c1-3-11-23-18(16-6-5-12-26-16)21-22-19(23)27-13-17(24)20-14-7-9-15(10-8-14)25-4-2/h3,5-10,12H,1,4,11,13H2,2H3,(H,20,24). The first-order chi connectivity index (χ1) is 13.2. The number of ether oxygens (including phenoxy) is 1. The number of carbonyl (C=O) groups excluding carboxylic acids is 1. The fraction of sp³-hybridized carbons (Fsp3) is 0.211. The molecule has 3 rings (SSSR count). The molecule has 0 bridgehead atoms. The normalized spacial score (nSPS) is 10.6. The van der Waals surface area contributed by atoms with Crippen LogP contribution < -0.4 is 10.1 Å². The van der Waals surface area contributed by atoms with Gasteiger partial charge in [0, 0.05) is 12.2 Å². The number of anilines is 1. The Kier molecular flexibility index (Phi) is 6.67. The number of hydrogen-bond donors (Lipinski definition) is 1. The summed E-state index contributed by atoms with van der Waals surface area (Å²) in [7, 11) is 0. The number of nitrogens with one attached hydrogen (secondary N) is 1. The predicted octanol–water partition coefficient (Wildman–Crippen LogP) is 4.32. The third-order valence-electron chi connectivity index (χ3n) is 3.55. The van der Waals surface area contributed by atoms with Crippen LogP contribution in [0.2, 0.25) is 0 Å². The molecule has 1 N–H and O–H groups in total. The van der Waals surface area contributed by atoms with Crippen LogP contribution in [0.1, 0.15) is 6.92 Å². The van der Waals surface area contributed by atoms with Crippen LogP contribution in [-0.4, -0.2) is 33.0 Å². The first-order valence-electron chi connectivity index (χ1n) is 8.44. The second-order valence-corrected chi connectivity index (χ2v) is 7.37. The minimum atomic E-state index is -0.102. The third-order valence-corrected chi connectivity index (χ3v) is 5.38. The number of nitrogens with zero attached hydrogens (tertiary/aromatic N) is 3. The molecule has 0 aliphatic rings. The summed E-state index contributed by atoms with van der Waals surface area (Å²) in [5.74, 6) is 1.71. The highest BCUT2D eigenvalue weighted by atomic mass is 32.2. The number of allylic oxidation sites excluding steroid dienone is 1. The van der Waals surface area contributed by atoms with Gasteiger partial charge in [-0.15, -0.1) is 28.1 Å². The SMILES string of the molecule is C=CCn1c(SCC(=O)Nc2ccc(OCC)cc2)nnc1-c1cccs1. The number of benzene rings is 1. The van der Waals surface area contributed by atoms with Gasteiger partial charge >= 0.3 is 0 Å². The van der Waals surface area contributed by atoms with E-state index in [0.29, 0.717) is 18.3 Å². The van der Waals surface area contributed by atoms with Crippen molar-refractivity contribution in [3.8, 4) is 16.5 Å². The first kappa shape index (κ1) is 19.2. The Morgan fingerprint density at radius 1 is 1.33 bits per heavy atom. The molecule has 1 aromatic carbocycles. The number of rotatable bonds is 9. The molecule has 140 valence electrons. The second-order valence-electron chi connectivity index (χ2n) is 5.48. The fourth-order valence-electron chi connectivity index (χ4n) is 2.41. The third kappa shape index (κ3) is 4.99. The van der Waals surface area contributed by atoms with Gasteiger partial charge in [-0.1, -0.05) is 23.9 Å². The lowest BCUT2D eigenvalue weighted by atomic mass is 10.3. The number of thiophene rings is 1. The van der Waals surface area contributed by atoms with Crippen molar-refractivity contribution >= 4 is 34.7 Å². The molecule has 0 aliphatic carbocycles. The molecule has 2 heterocycles. The monoisotopic (exact) mass is 400 g/mol. The van der Waals surface area contributed by atoms with E-state index >= 15 is 0 Å². The van der Waals surface area contributed by atoms with Crippen LogP contribution >= 0.6 is 23.1 Å². The van der Waals surface area contributed by atoms with Gasteiger partial charge in [-0.05, 0) is 42.6 Å². The van der Waals surface area contributed by atoms with Crippen molar-refractivity contribution in [3.63, 3.8) is 0 Å². The Morgan fingerprint density at radius 2 is 2.15 bits per heavy atom. The van der Waals surface area contributed by atoms with Gasteiger partial charge in [0.25, 0.3) is 0 Å². The molecule has 6 nitrogen and oxygen atoms in total. The number of aromatic nitrogens is 3. The summed E-state index contributed by atoms with van der Waals surface area (Å²) in [4.78, 5) is 13.3. The van der Waals surface area contributed by atoms with E-state index in [1.165, 1.54) is 11.8 Å². The maximum atomic E-state index is 12.3. The average Bonchev–Trinajstić information content (AvgIpc) is 3.32. The Bertz CT molecular complexity index is 889. The van der Waals surface area contributed by atoms with Gasteiger partial charge in [-0.2, -0.15) is 0 Å². The predicted molar refractivity (Wildman–Crippen MR) is 110 cm³/mol. The number of amides is 1. The lowest BCUT2D eigenvalue weighted by Crippen LogP contribution is -2.14. The summed E-state index contributed by atoms with van der Waals surface area (Å²) in [5.41, 5.74) is 0.732. The first-order valence-corrected chi connectivity index (χ1v) is 10.3. The smallest absolute Gasteiger partial charge is 0.234 e. The van der Waals surface area contributed by atoms with Crippen molar-refractivity contribution in [3.05, 3.63) is 54.4 Å². The van der Waals surface area contributed by atoms with Crippen molar-refractivity contribution in [2.45, 2.75) is 18.6 Å². The molecular formula is C19H20N4O2S2. The molecular weight excluding hydrogens is 380 g/mol. The van der Waals surface area contributed by atoms with E-state index in [-0.39, 0.29) is 11.7 Å². The summed E-state index contributed by atoms with van der Waals surface area (Å²) in [6.07, 6.45) is 1.80. The van der Waals surface area contributed by atoms with Crippen LogP contribution in [0.5, 0.6) is 5.75 Å². The molecule has 0 saturated carbocycles. The largest absolute Gasteiger partial charge is 0.494 e. The molecule has 27 heavy (non-hydrogen) atoms. The van der Waals surface area contributed by atoms with Crippen LogP contribution in [0.15, 0.2) is 59.6 Å². The van der Waals surface area contributed by atoms with Gasteiger partial charge in [-0.3, -0.25) is 9.36 Å². The van der Waals surface area contributed by atoms with Gasteiger partial charge in [0.1, 0.15) is 5.75 Å². The molecule has 3 aromatic rings. The van der Waals surface area contributed by atoms with Crippen molar-refractivity contribution in [1.82, 2.24) is 14.8 Å². The van der Waals surface area contributed by atoms with Gasteiger partial charge < -0.3 is 10.1 Å². The molecule has 1 amide bonds. The zero-order valence-corrected chi connectivity index (χ0v) is 16.6. The van der Waals surface area contributed by atoms with E-state index in [9.17, 15) is 4.79 Å². The van der Waals surface area contributed by atoms with Crippen molar-refractivity contribution in [2.75, 3.05) is 17.7 Å². The summed E-state index contributed by atoms with van der Waals surface area (Å²) >= 11 is 2.96. The highest BCUT2D eigenvalue weighted by Gasteiger charge is 2.15. The summed E-state index contributed by atoms with van der Waals surface area (Å²) in [6.45, 7) is 6.93. The van der Waals surface area contributed by atoms with Crippen LogP contribution in [0, 0.1) is 0 Å². The van der Waals surface area contributed by atoms with Gasteiger partial charge in [0.15, 0.2) is 11.0 Å². The molecule has 2 aromatic heterocycles. The van der Waals surface area contributed by atoms with E-state index in [2.05, 4.69) is 22.1 Å². The molecule has 0 fully saturated rings. The highest BCUT2D eigenvalue weighted by molar-refractivity contribution is 7.99. The number of carbonyl (C=O) groups is 1. The van der Waals surface area contributed by atoms with Crippen LogP contribution in [0.4, 0.5) is 5.69 Å². The molecule has 8 heteroatoms. The molecule has 0 radical (unpaired) electrons. The van der Waals surface area contributed by atoms with Gasteiger partial charge in [0.05, 0.1) is 17.2 Å². The number of thioether (sulfide) groups is 1. The number of hydrogen-bond acceptors (Lipinski definition) is 6.